The predicted molar refractivity (Wildman–Crippen MR) is 214 cm³/mol. The lowest BCUT2D eigenvalue weighted by atomic mass is 9.86. The number of hydrogen-bond acceptors (Lipinski definition) is 7. The second-order valence-corrected chi connectivity index (χ2v) is 15.6. The fourth-order valence-corrected chi connectivity index (χ4v) is 8.90. The molecular formula is C44H50N8O4. The number of carbonyl (C=O) groups excluding carboxylic acids is 3. The third-order valence-corrected chi connectivity index (χ3v) is 11.8. The highest BCUT2D eigenvalue weighted by Gasteiger charge is 2.38. The van der Waals surface area contributed by atoms with Crippen LogP contribution in [0, 0.1) is 5.92 Å². The summed E-state index contributed by atoms with van der Waals surface area (Å²) in [5.74, 6) is 1.83. The summed E-state index contributed by atoms with van der Waals surface area (Å²) in [6, 6.07) is 26.3. The molecule has 1 saturated carbocycles. The molecular weight excluding hydrogens is 705 g/mol. The Hall–Kier alpha value is -5.75. The molecule has 2 aromatic heterocycles. The monoisotopic (exact) mass is 754 g/mol. The molecule has 1 aliphatic carbocycles. The van der Waals surface area contributed by atoms with E-state index in [0.717, 1.165) is 83.1 Å². The van der Waals surface area contributed by atoms with Crippen LogP contribution in [0.4, 0.5) is 4.79 Å². The number of amides is 3. The van der Waals surface area contributed by atoms with E-state index in [1.54, 1.807) is 0 Å². The molecule has 290 valence electrons. The number of carbonyl (C=O) groups is 3. The van der Waals surface area contributed by atoms with Gasteiger partial charge in [-0.15, -0.1) is 0 Å². The standard InChI is InChI=1S/C44H50N8O4/c1-50(2)39(32-8-4-3-5-9-32)43(54)52-25-7-11-38(52)41-47-27-36(49-41)31-18-14-29(15-19-31)28-12-16-30(17-13-28)35-26-46-40(48-35)37-10-6-24-51(37)42(53)33-20-22-34(23-21-33)56-44(45)55/h3-5,8-9,12-19,26-27,33-34,37-39H,6-7,10-11,20-25H2,1-2H3,(H2,45,55)(H,46,48)(H,47,49)/t33?,34?,37-,38-,39+/m0/s1. The predicted octanol–water partition coefficient (Wildman–Crippen LogP) is 7.42. The average Bonchev–Trinajstić information content (AvgIpc) is 4.05. The lowest BCUT2D eigenvalue weighted by molar-refractivity contribution is -0.138. The maximum atomic E-state index is 13.9. The summed E-state index contributed by atoms with van der Waals surface area (Å²) in [6.07, 6.45) is 9.11. The molecule has 5 aromatic rings. The van der Waals surface area contributed by atoms with E-state index in [4.69, 9.17) is 20.4 Å². The number of likely N-dealkylation sites (N-methyl/N-ethyl adjacent to an activating group) is 1. The zero-order valence-corrected chi connectivity index (χ0v) is 32.1. The largest absolute Gasteiger partial charge is 0.446 e. The number of hydrogen-bond donors (Lipinski definition) is 3. The van der Waals surface area contributed by atoms with E-state index >= 15 is 0 Å². The number of imidazole rings is 2. The number of nitrogens with two attached hydrogens (primary N) is 1. The van der Waals surface area contributed by atoms with Gasteiger partial charge in [0.2, 0.25) is 11.8 Å². The molecule has 0 radical (unpaired) electrons. The molecule has 0 spiro atoms. The number of nitrogens with one attached hydrogen (secondary N) is 2. The van der Waals surface area contributed by atoms with Crippen LogP contribution in [-0.2, 0) is 14.3 Å². The zero-order chi connectivity index (χ0) is 38.8. The van der Waals surface area contributed by atoms with Gasteiger partial charge in [0.1, 0.15) is 23.8 Å². The van der Waals surface area contributed by atoms with E-state index in [0.29, 0.717) is 32.2 Å². The minimum absolute atomic E-state index is 0.0713. The van der Waals surface area contributed by atoms with Crippen molar-refractivity contribution in [3.8, 4) is 33.6 Å². The molecule has 4 heterocycles. The highest BCUT2D eigenvalue weighted by Crippen LogP contribution is 2.38. The van der Waals surface area contributed by atoms with Gasteiger partial charge in [-0.25, -0.2) is 14.8 Å². The van der Waals surface area contributed by atoms with Gasteiger partial charge in [-0.3, -0.25) is 14.5 Å². The number of primary amides is 1. The minimum Gasteiger partial charge on any atom is -0.446 e. The molecule has 0 unspecified atom stereocenters. The van der Waals surface area contributed by atoms with Gasteiger partial charge in [-0.05, 0) is 93.3 Å². The van der Waals surface area contributed by atoms with Crippen molar-refractivity contribution < 1.29 is 19.1 Å². The third kappa shape index (κ3) is 7.70. The second-order valence-electron chi connectivity index (χ2n) is 15.6. The second kappa shape index (κ2) is 16.2. The summed E-state index contributed by atoms with van der Waals surface area (Å²) in [5, 5.41) is 0. The van der Waals surface area contributed by atoms with Crippen molar-refractivity contribution in [2.45, 2.75) is 75.6 Å². The molecule has 2 saturated heterocycles. The van der Waals surface area contributed by atoms with Gasteiger partial charge < -0.3 is 30.2 Å². The van der Waals surface area contributed by atoms with Crippen molar-refractivity contribution in [2.75, 3.05) is 27.2 Å². The Bertz CT molecular complexity index is 2140. The Morgan fingerprint density at radius 2 is 1.20 bits per heavy atom. The summed E-state index contributed by atoms with van der Waals surface area (Å²) in [6.45, 7) is 1.44. The van der Waals surface area contributed by atoms with Crippen LogP contribution < -0.4 is 5.73 Å². The minimum atomic E-state index is -0.751. The quantitative estimate of drug-likeness (QED) is 0.134. The maximum absolute atomic E-state index is 13.9. The summed E-state index contributed by atoms with van der Waals surface area (Å²) >= 11 is 0. The van der Waals surface area contributed by atoms with E-state index in [9.17, 15) is 14.4 Å². The lowest BCUT2D eigenvalue weighted by Gasteiger charge is -2.32. The number of ether oxygens (including phenoxy) is 1. The number of nitrogens with zero attached hydrogens (tertiary/aromatic N) is 5. The first-order valence-electron chi connectivity index (χ1n) is 19.8. The van der Waals surface area contributed by atoms with Gasteiger partial charge in [0.05, 0.1) is 35.9 Å². The van der Waals surface area contributed by atoms with E-state index in [1.165, 1.54) is 0 Å². The van der Waals surface area contributed by atoms with E-state index in [1.807, 2.05) is 71.5 Å². The van der Waals surface area contributed by atoms with Crippen LogP contribution in [0.1, 0.15) is 86.7 Å². The molecule has 3 amide bonds. The van der Waals surface area contributed by atoms with Crippen molar-refractivity contribution in [1.29, 1.82) is 0 Å². The van der Waals surface area contributed by atoms with Gasteiger partial charge in [0.15, 0.2) is 0 Å². The maximum Gasteiger partial charge on any atom is 0.404 e. The lowest BCUT2D eigenvalue weighted by Crippen LogP contribution is -2.40. The first kappa shape index (κ1) is 37.2. The topological polar surface area (TPSA) is 154 Å². The number of aromatic nitrogens is 4. The van der Waals surface area contributed by atoms with E-state index < -0.39 is 6.09 Å². The molecule has 4 N–H and O–H groups in total. The summed E-state index contributed by atoms with van der Waals surface area (Å²) in [5.41, 5.74) is 12.3. The molecule has 8 rings (SSSR count). The molecule has 12 nitrogen and oxygen atoms in total. The van der Waals surface area contributed by atoms with Gasteiger partial charge in [0.25, 0.3) is 0 Å². The summed E-state index contributed by atoms with van der Waals surface area (Å²) < 4.78 is 5.16. The van der Waals surface area contributed by atoms with Gasteiger partial charge in [-0.2, -0.15) is 0 Å². The molecule has 3 aliphatic rings. The normalized spacial score (nSPS) is 21.7. The summed E-state index contributed by atoms with van der Waals surface area (Å²) in [7, 11) is 3.91. The van der Waals surface area contributed by atoms with Crippen molar-refractivity contribution >= 4 is 17.9 Å². The van der Waals surface area contributed by atoms with E-state index in [-0.39, 0.29) is 42.0 Å². The number of likely N-dealkylation sites (tertiary alicyclic amines) is 2. The van der Waals surface area contributed by atoms with Crippen LogP contribution in [0.15, 0.2) is 91.3 Å². The highest BCUT2D eigenvalue weighted by atomic mass is 16.6. The van der Waals surface area contributed by atoms with Crippen LogP contribution >= 0.6 is 0 Å². The Morgan fingerprint density at radius 1 is 0.696 bits per heavy atom. The first-order valence-corrected chi connectivity index (χ1v) is 19.8. The van der Waals surface area contributed by atoms with Crippen LogP contribution in [0.3, 0.4) is 0 Å². The number of benzene rings is 3. The van der Waals surface area contributed by atoms with Crippen LogP contribution in [0.2, 0.25) is 0 Å². The molecule has 0 bridgehead atoms. The fraction of sp³-hybridized carbons (Fsp3) is 0.386. The average molecular weight is 755 g/mol. The molecule has 3 aromatic carbocycles. The van der Waals surface area contributed by atoms with Crippen molar-refractivity contribution in [3.05, 3.63) is 108 Å². The van der Waals surface area contributed by atoms with Crippen molar-refractivity contribution in [3.63, 3.8) is 0 Å². The third-order valence-electron chi connectivity index (χ3n) is 11.8. The van der Waals surface area contributed by atoms with Gasteiger partial charge in [0, 0.05) is 19.0 Å². The van der Waals surface area contributed by atoms with Crippen LogP contribution in [-0.4, -0.2) is 85.8 Å². The molecule has 56 heavy (non-hydrogen) atoms. The Balaban J connectivity index is 0.899. The first-order chi connectivity index (χ1) is 27.2. The molecule has 12 heteroatoms. The highest BCUT2D eigenvalue weighted by molar-refractivity contribution is 5.84. The Morgan fingerprint density at radius 3 is 1.71 bits per heavy atom. The van der Waals surface area contributed by atoms with Gasteiger partial charge >= 0.3 is 6.09 Å². The van der Waals surface area contributed by atoms with Crippen molar-refractivity contribution in [2.24, 2.45) is 11.7 Å². The SMILES string of the molecule is CN(C)[C@@H](C(=O)N1CCC[C@H]1c1ncc(-c2ccc(-c3ccc(-c4cnc([C@@H]5CCCN5C(=O)C5CCC(OC(N)=O)CC5)[nH]4)cc3)cc2)[nH]1)c1ccccc1. The number of H-pyrrole nitrogens is 2. The molecule has 3 atom stereocenters. The van der Waals surface area contributed by atoms with E-state index in [2.05, 4.69) is 58.5 Å². The zero-order valence-electron chi connectivity index (χ0n) is 32.1. The van der Waals surface area contributed by atoms with Crippen LogP contribution in [0.25, 0.3) is 33.6 Å². The fourth-order valence-electron chi connectivity index (χ4n) is 8.90. The smallest absolute Gasteiger partial charge is 0.404 e. The molecule has 2 aliphatic heterocycles. The molecule has 3 fully saturated rings. The van der Waals surface area contributed by atoms with Gasteiger partial charge in [-0.1, -0.05) is 78.9 Å². The number of rotatable bonds is 10. The Labute approximate surface area is 327 Å². The van der Waals surface area contributed by atoms with Crippen molar-refractivity contribution in [1.82, 2.24) is 34.6 Å². The summed E-state index contributed by atoms with van der Waals surface area (Å²) in [4.78, 5) is 61.1. The number of aromatic amines is 2. The van der Waals surface area contributed by atoms with Crippen LogP contribution in [0.5, 0.6) is 0 Å². The Kier molecular flexibility index (Phi) is 10.7.